The van der Waals surface area contributed by atoms with Gasteiger partial charge in [-0.25, -0.2) is 9.97 Å². The molecular weight excluding hydrogens is 246 g/mol. The van der Waals surface area contributed by atoms with Gasteiger partial charge in [0.25, 0.3) is 5.91 Å². The van der Waals surface area contributed by atoms with Crippen molar-refractivity contribution in [3.8, 4) is 0 Å². The number of nitrogens with zero attached hydrogens (tertiary/aromatic N) is 2. The molecule has 1 aromatic heterocycles. The van der Waals surface area contributed by atoms with Crippen molar-refractivity contribution >= 4 is 5.91 Å². The zero-order chi connectivity index (χ0) is 13.1. The van der Waals surface area contributed by atoms with Crippen LogP contribution in [0.4, 0.5) is 0 Å². The van der Waals surface area contributed by atoms with E-state index in [1.165, 1.54) is 18.7 Å². The van der Waals surface area contributed by atoms with Crippen LogP contribution in [0.25, 0.3) is 0 Å². The van der Waals surface area contributed by atoms with Crippen LogP contribution in [0.3, 0.4) is 0 Å². The van der Waals surface area contributed by atoms with Gasteiger partial charge in [-0.05, 0) is 12.8 Å². The fourth-order valence-electron chi connectivity index (χ4n) is 2.67. The van der Waals surface area contributed by atoms with Gasteiger partial charge >= 0.3 is 0 Å². The summed E-state index contributed by atoms with van der Waals surface area (Å²) in [5, 5.41) is 3.01. The van der Waals surface area contributed by atoms with Crippen LogP contribution in [0.15, 0.2) is 18.7 Å². The Morgan fingerprint density at radius 1 is 1.21 bits per heavy atom. The lowest BCUT2D eigenvalue weighted by atomic mass is 9.90. The maximum absolute atomic E-state index is 12.0. The Morgan fingerprint density at radius 2 is 1.84 bits per heavy atom. The van der Waals surface area contributed by atoms with Gasteiger partial charge in [0.2, 0.25) is 0 Å². The molecule has 1 saturated carbocycles. The van der Waals surface area contributed by atoms with E-state index in [9.17, 15) is 4.79 Å². The molecule has 0 unspecified atom stereocenters. The van der Waals surface area contributed by atoms with Gasteiger partial charge in [-0.3, -0.25) is 4.79 Å². The monoisotopic (exact) mass is 263 g/mol. The Bertz CT molecular complexity index is 436. The van der Waals surface area contributed by atoms with E-state index in [4.69, 9.17) is 9.47 Å². The summed E-state index contributed by atoms with van der Waals surface area (Å²) in [7, 11) is 0. The Kier molecular flexibility index (Phi) is 3.44. The summed E-state index contributed by atoms with van der Waals surface area (Å²) in [6, 6.07) is 0.172. The van der Waals surface area contributed by atoms with Crippen molar-refractivity contribution in [2.45, 2.75) is 37.5 Å². The molecule has 102 valence electrons. The minimum absolute atomic E-state index is 0.116. The Morgan fingerprint density at radius 3 is 2.47 bits per heavy atom. The highest BCUT2D eigenvalue weighted by atomic mass is 16.7. The number of hydrogen-bond acceptors (Lipinski definition) is 5. The van der Waals surface area contributed by atoms with Gasteiger partial charge < -0.3 is 14.8 Å². The predicted octanol–water partition coefficient (Wildman–Crippen LogP) is 0.892. The molecule has 1 saturated heterocycles. The van der Waals surface area contributed by atoms with Crippen LogP contribution in [-0.4, -0.2) is 40.9 Å². The number of carbonyl (C=O) groups is 1. The van der Waals surface area contributed by atoms with Gasteiger partial charge in [0, 0.05) is 31.3 Å². The molecule has 1 spiro atoms. The quantitative estimate of drug-likeness (QED) is 0.858. The second-order valence-corrected chi connectivity index (χ2v) is 4.98. The highest BCUT2D eigenvalue weighted by Crippen LogP contribution is 2.35. The number of rotatable bonds is 2. The van der Waals surface area contributed by atoms with Gasteiger partial charge in [0.15, 0.2) is 5.79 Å². The number of hydrogen-bond donors (Lipinski definition) is 1. The molecule has 0 aromatic carbocycles. The van der Waals surface area contributed by atoms with Crippen molar-refractivity contribution in [3.05, 3.63) is 24.3 Å². The highest BCUT2D eigenvalue weighted by Gasteiger charge is 2.40. The Balaban J connectivity index is 1.53. The van der Waals surface area contributed by atoms with E-state index in [0.717, 1.165) is 25.7 Å². The lowest BCUT2D eigenvalue weighted by Crippen LogP contribution is -2.44. The third-order valence-electron chi connectivity index (χ3n) is 3.72. The summed E-state index contributed by atoms with van der Waals surface area (Å²) in [5.74, 6) is -0.494. The molecule has 1 aromatic rings. The molecule has 0 bridgehead atoms. The standard InChI is InChI=1S/C13H17N3O3/c17-12(10-7-14-9-15-8-10)16-11-1-3-13(4-2-11)18-5-6-19-13/h7-9,11H,1-6H2,(H,16,17). The molecule has 1 amide bonds. The SMILES string of the molecule is O=C(NC1CCC2(CC1)OCCO2)c1cncnc1. The minimum atomic E-state index is -0.378. The Labute approximate surface area is 111 Å². The van der Waals surface area contributed by atoms with Crippen molar-refractivity contribution in [1.82, 2.24) is 15.3 Å². The second-order valence-electron chi connectivity index (χ2n) is 4.98. The first-order chi connectivity index (χ1) is 9.27. The van der Waals surface area contributed by atoms with Crippen LogP contribution in [-0.2, 0) is 9.47 Å². The summed E-state index contributed by atoms with van der Waals surface area (Å²) in [5.41, 5.74) is 0.496. The minimum Gasteiger partial charge on any atom is -0.349 e. The number of amides is 1. The van der Waals surface area contributed by atoms with E-state index in [1.807, 2.05) is 0 Å². The van der Waals surface area contributed by atoms with Crippen LogP contribution in [0.5, 0.6) is 0 Å². The van der Waals surface area contributed by atoms with Gasteiger partial charge in [-0.15, -0.1) is 0 Å². The maximum atomic E-state index is 12.0. The van der Waals surface area contributed by atoms with E-state index in [-0.39, 0.29) is 17.7 Å². The zero-order valence-electron chi connectivity index (χ0n) is 10.7. The first kappa shape index (κ1) is 12.5. The van der Waals surface area contributed by atoms with E-state index < -0.39 is 0 Å². The Hall–Kier alpha value is -1.53. The first-order valence-corrected chi connectivity index (χ1v) is 6.61. The lowest BCUT2D eigenvalue weighted by Gasteiger charge is -2.35. The average Bonchev–Trinajstić information content (AvgIpc) is 2.91. The summed E-state index contributed by atoms with van der Waals surface area (Å²) in [6.45, 7) is 1.36. The molecule has 19 heavy (non-hydrogen) atoms. The molecule has 2 aliphatic rings. The molecule has 6 heteroatoms. The predicted molar refractivity (Wildman–Crippen MR) is 66.4 cm³/mol. The molecule has 0 atom stereocenters. The van der Waals surface area contributed by atoms with Gasteiger partial charge in [0.05, 0.1) is 18.8 Å². The fourth-order valence-corrected chi connectivity index (χ4v) is 2.67. The summed E-state index contributed by atoms with van der Waals surface area (Å²) in [4.78, 5) is 19.7. The number of ether oxygens (including phenoxy) is 2. The van der Waals surface area contributed by atoms with Crippen molar-refractivity contribution in [2.75, 3.05) is 13.2 Å². The van der Waals surface area contributed by atoms with Crippen LogP contribution in [0, 0.1) is 0 Å². The number of nitrogens with one attached hydrogen (secondary N) is 1. The van der Waals surface area contributed by atoms with E-state index >= 15 is 0 Å². The lowest BCUT2D eigenvalue weighted by molar-refractivity contribution is -0.179. The van der Waals surface area contributed by atoms with Crippen molar-refractivity contribution in [1.29, 1.82) is 0 Å². The third-order valence-corrected chi connectivity index (χ3v) is 3.72. The van der Waals surface area contributed by atoms with E-state index in [2.05, 4.69) is 15.3 Å². The van der Waals surface area contributed by atoms with Crippen LogP contribution in [0.1, 0.15) is 36.0 Å². The molecule has 2 heterocycles. The highest BCUT2D eigenvalue weighted by molar-refractivity contribution is 5.93. The smallest absolute Gasteiger partial charge is 0.254 e. The summed E-state index contributed by atoms with van der Waals surface area (Å²) < 4.78 is 11.3. The molecule has 1 aliphatic carbocycles. The largest absolute Gasteiger partial charge is 0.349 e. The molecule has 1 aliphatic heterocycles. The topological polar surface area (TPSA) is 73.3 Å². The average molecular weight is 263 g/mol. The molecule has 0 radical (unpaired) electrons. The van der Waals surface area contributed by atoms with Crippen LogP contribution < -0.4 is 5.32 Å². The fraction of sp³-hybridized carbons (Fsp3) is 0.615. The van der Waals surface area contributed by atoms with Gasteiger partial charge in [-0.2, -0.15) is 0 Å². The summed E-state index contributed by atoms with van der Waals surface area (Å²) >= 11 is 0. The maximum Gasteiger partial charge on any atom is 0.254 e. The molecule has 1 N–H and O–H groups in total. The second kappa shape index (κ2) is 5.22. The van der Waals surface area contributed by atoms with Crippen molar-refractivity contribution < 1.29 is 14.3 Å². The molecule has 6 nitrogen and oxygen atoms in total. The normalized spacial score (nSPS) is 22.5. The van der Waals surface area contributed by atoms with Crippen molar-refractivity contribution in [3.63, 3.8) is 0 Å². The van der Waals surface area contributed by atoms with E-state index in [1.54, 1.807) is 0 Å². The van der Waals surface area contributed by atoms with E-state index in [0.29, 0.717) is 18.8 Å². The number of aromatic nitrogens is 2. The summed E-state index contributed by atoms with van der Waals surface area (Å²) in [6.07, 6.45) is 7.88. The molecule has 2 fully saturated rings. The third kappa shape index (κ3) is 2.74. The van der Waals surface area contributed by atoms with Gasteiger partial charge in [-0.1, -0.05) is 0 Å². The number of carbonyl (C=O) groups excluding carboxylic acids is 1. The molecular formula is C13H17N3O3. The van der Waals surface area contributed by atoms with Crippen LogP contribution >= 0.6 is 0 Å². The van der Waals surface area contributed by atoms with Crippen molar-refractivity contribution in [2.24, 2.45) is 0 Å². The van der Waals surface area contributed by atoms with Gasteiger partial charge in [0.1, 0.15) is 6.33 Å². The first-order valence-electron chi connectivity index (χ1n) is 6.61. The van der Waals surface area contributed by atoms with Crippen LogP contribution in [0.2, 0.25) is 0 Å². The zero-order valence-corrected chi connectivity index (χ0v) is 10.7. The molecule has 3 rings (SSSR count).